The van der Waals surface area contributed by atoms with Crippen LogP contribution in [-0.2, 0) is 16.1 Å². The minimum Gasteiger partial charge on any atom is -0.352 e. The zero-order valence-corrected chi connectivity index (χ0v) is 11.1. The Morgan fingerprint density at radius 2 is 1.84 bits per heavy atom. The summed E-state index contributed by atoms with van der Waals surface area (Å²) in [7, 11) is 0. The van der Waals surface area contributed by atoms with Crippen molar-refractivity contribution in [2.24, 2.45) is 5.10 Å². The number of hydrogen-bond acceptors (Lipinski definition) is 3. The molecule has 0 aliphatic heterocycles. The summed E-state index contributed by atoms with van der Waals surface area (Å²) in [6.07, 6.45) is 2.67. The van der Waals surface area contributed by atoms with Crippen LogP contribution in [0, 0.1) is 0 Å². The van der Waals surface area contributed by atoms with E-state index in [4.69, 9.17) is 0 Å². The Balaban J connectivity index is 2.17. The van der Waals surface area contributed by atoms with E-state index in [0.29, 0.717) is 6.54 Å². The Labute approximate surface area is 113 Å². The minimum atomic E-state index is -0.250. The van der Waals surface area contributed by atoms with Gasteiger partial charge in [0.1, 0.15) is 0 Å². The highest BCUT2D eigenvalue weighted by atomic mass is 16.2. The summed E-state index contributed by atoms with van der Waals surface area (Å²) in [5.74, 6) is -0.391. The number of amides is 2. The van der Waals surface area contributed by atoms with Gasteiger partial charge < -0.3 is 5.32 Å². The highest BCUT2D eigenvalue weighted by Crippen LogP contribution is 1.98. The van der Waals surface area contributed by atoms with Gasteiger partial charge in [-0.15, -0.1) is 0 Å². The molecule has 5 nitrogen and oxygen atoms in total. The van der Waals surface area contributed by atoms with Gasteiger partial charge in [0, 0.05) is 25.6 Å². The van der Waals surface area contributed by atoms with E-state index in [1.807, 2.05) is 37.3 Å². The molecule has 2 N–H and O–H groups in total. The van der Waals surface area contributed by atoms with Crippen molar-refractivity contribution < 1.29 is 9.59 Å². The molecule has 0 bridgehead atoms. The van der Waals surface area contributed by atoms with Gasteiger partial charge in [-0.2, -0.15) is 5.10 Å². The highest BCUT2D eigenvalue weighted by Gasteiger charge is 2.05. The average molecular weight is 261 g/mol. The van der Waals surface area contributed by atoms with E-state index in [1.54, 1.807) is 6.21 Å². The van der Waals surface area contributed by atoms with Crippen LogP contribution >= 0.6 is 0 Å². The monoisotopic (exact) mass is 261 g/mol. The van der Waals surface area contributed by atoms with Gasteiger partial charge >= 0.3 is 0 Å². The number of carbonyl (C=O) groups excluding carboxylic acids is 2. The highest BCUT2D eigenvalue weighted by molar-refractivity contribution is 5.83. The van der Waals surface area contributed by atoms with Crippen LogP contribution < -0.4 is 10.7 Å². The lowest BCUT2D eigenvalue weighted by atomic mass is 10.2. The molecule has 102 valence electrons. The molecule has 1 aromatic carbocycles. The summed E-state index contributed by atoms with van der Waals surface area (Å²) in [6.45, 7) is 2.40. The van der Waals surface area contributed by atoms with Crippen LogP contribution in [0.2, 0.25) is 0 Å². The third-order valence-electron chi connectivity index (χ3n) is 2.37. The number of nitrogens with zero attached hydrogens (tertiary/aromatic N) is 1. The Kier molecular flexibility index (Phi) is 6.94. The Morgan fingerprint density at radius 1 is 1.16 bits per heavy atom. The zero-order chi connectivity index (χ0) is 13.9. The molecule has 1 aromatic rings. The third kappa shape index (κ3) is 6.98. The van der Waals surface area contributed by atoms with Crippen LogP contribution in [0.15, 0.2) is 35.4 Å². The second-order valence-electron chi connectivity index (χ2n) is 4.02. The first-order chi connectivity index (χ1) is 9.22. The Morgan fingerprint density at radius 3 is 2.53 bits per heavy atom. The molecule has 0 spiro atoms. The first kappa shape index (κ1) is 14.9. The zero-order valence-electron chi connectivity index (χ0n) is 11.1. The maximum Gasteiger partial charge on any atom is 0.240 e. The summed E-state index contributed by atoms with van der Waals surface area (Å²) in [5, 5.41) is 6.47. The number of benzene rings is 1. The summed E-state index contributed by atoms with van der Waals surface area (Å²) >= 11 is 0. The molecular weight excluding hydrogens is 242 g/mol. The number of hydrazone groups is 1. The lowest BCUT2D eigenvalue weighted by molar-refractivity contribution is -0.126. The first-order valence-electron chi connectivity index (χ1n) is 6.33. The molecule has 0 unspecified atom stereocenters. The van der Waals surface area contributed by atoms with Gasteiger partial charge in [0.05, 0.1) is 0 Å². The van der Waals surface area contributed by atoms with E-state index in [9.17, 15) is 9.59 Å². The lowest BCUT2D eigenvalue weighted by Crippen LogP contribution is -2.25. The van der Waals surface area contributed by atoms with Crippen molar-refractivity contribution in [2.75, 3.05) is 0 Å². The van der Waals surface area contributed by atoms with Crippen molar-refractivity contribution in [3.05, 3.63) is 35.9 Å². The van der Waals surface area contributed by atoms with E-state index in [2.05, 4.69) is 15.8 Å². The predicted octanol–water partition coefficient (Wildman–Crippen LogP) is 1.59. The average Bonchev–Trinajstić information content (AvgIpc) is 2.44. The third-order valence-corrected chi connectivity index (χ3v) is 2.37. The predicted molar refractivity (Wildman–Crippen MR) is 74.4 cm³/mol. The fraction of sp³-hybridized carbons (Fsp3) is 0.357. The van der Waals surface area contributed by atoms with Crippen molar-refractivity contribution in [1.82, 2.24) is 10.7 Å². The Hall–Kier alpha value is -2.17. The largest absolute Gasteiger partial charge is 0.352 e. The van der Waals surface area contributed by atoms with E-state index in [1.165, 1.54) is 0 Å². The maximum atomic E-state index is 11.5. The van der Waals surface area contributed by atoms with Crippen molar-refractivity contribution in [3.63, 3.8) is 0 Å². The molecule has 0 aliphatic carbocycles. The molecule has 2 amide bonds. The van der Waals surface area contributed by atoms with Crippen LogP contribution in [-0.4, -0.2) is 18.0 Å². The SMILES string of the molecule is CC/C=N/NC(=O)CCC(=O)NCc1ccccc1. The van der Waals surface area contributed by atoms with Crippen LogP contribution in [0.1, 0.15) is 31.7 Å². The number of nitrogens with one attached hydrogen (secondary N) is 2. The first-order valence-corrected chi connectivity index (χ1v) is 6.33. The second-order valence-corrected chi connectivity index (χ2v) is 4.02. The fourth-order valence-electron chi connectivity index (χ4n) is 1.38. The Bertz CT molecular complexity index is 430. The van der Waals surface area contributed by atoms with Gasteiger partial charge in [0.2, 0.25) is 11.8 Å². The van der Waals surface area contributed by atoms with Crippen molar-refractivity contribution >= 4 is 18.0 Å². The quantitative estimate of drug-likeness (QED) is 0.578. The summed E-state index contributed by atoms with van der Waals surface area (Å²) in [4.78, 5) is 22.8. The molecule has 0 aromatic heterocycles. The van der Waals surface area contributed by atoms with Gasteiger partial charge in [0.25, 0.3) is 0 Å². The van der Waals surface area contributed by atoms with Gasteiger partial charge in [-0.05, 0) is 12.0 Å². The molecule has 1 rings (SSSR count). The van der Waals surface area contributed by atoms with E-state index < -0.39 is 0 Å². The molecule has 19 heavy (non-hydrogen) atoms. The summed E-state index contributed by atoms with van der Waals surface area (Å²) < 4.78 is 0. The van der Waals surface area contributed by atoms with E-state index in [0.717, 1.165) is 12.0 Å². The molecule has 0 aliphatic rings. The number of rotatable bonds is 7. The van der Waals surface area contributed by atoms with Gasteiger partial charge in [0.15, 0.2) is 0 Å². The van der Waals surface area contributed by atoms with Gasteiger partial charge in [-0.3, -0.25) is 9.59 Å². The lowest BCUT2D eigenvalue weighted by Gasteiger charge is -2.04. The van der Waals surface area contributed by atoms with Crippen LogP contribution in [0.3, 0.4) is 0 Å². The van der Waals surface area contributed by atoms with Crippen LogP contribution in [0.4, 0.5) is 0 Å². The molecule has 0 saturated carbocycles. The summed E-state index contributed by atoms with van der Waals surface area (Å²) in [5.41, 5.74) is 3.40. The van der Waals surface area contributed by atoms with E-state index in [-0.39, 0.29) is 24.7 Å². The molecule has 0 heterocycles. The topological polar surface area (TPSA) is 70.6 Å². The summed E-state index contributed by atoms with van der Waals surface area (Å²) in [6, 6.07) is 9.63. The molecule has 0 atom stereocenters. The fourth-order valence-corrected chi connectivity index (χ4v) is 1.38. The smallest absolute Gasteiger partial charge is 0.240 e. The maximum absolute atomic E-state index is 11.5. The van der Waals surface area contributed by atoms with E-state index >= 15 is 0 Å². The second kappa shape index (κ2) is 8.85. The minimum absolute atomic E-state index is 0.140. The standard InChI is InChI=1S/C14H19N3O2/c1-2-10-16-17-14(19)9-8-13(18)15-11-12-6-4-3-5-7-12/h3-7,10H,2,8-9,11H2,1H3,(H,15,18)(H,17,19)/b16-10+. The molecule has 0 fully saturated rings. The molecular formula is C14H19N3O2. The van der Waals surface area contributed by atoms with Crippen LogP contribution in [0.5, 0.6) is 0 Å². The molecule has 0 saturated heterocycles. The molecule has 0 radical (unpaired) electrons. The number of hydrogen-bond donors (Lipinski definition) is 2. The normalized spacial score (nSPS) is 10.4. The van der Waals surface area contributed by atoms with Crippen LogP contribution in [0.25, 0.3) is 0 Å². The van der Waals surface area contributed by atoms with Gasteiger partial charge in [-0.25, -0.2) is 5.43 Å². The van der Waals surface area contributed by atoms with Crippen molar-refractivity contribution in [2.45, 2.75) is 32.7 Å². The molecule has 5 heteroatoms. The van der Waals surface area contributed by atoms with Crippen molar-refractivity contribution in [3.8, 4) is 0 Å². The number of carbonyl (C=O) groups is 2. The van der Waals surface area contributed by atoms with Crippen molar-refractivity contribution in [1.29, 1.82) is 0 Å². The van der Waals surface area contributed by atoms with Gasteiger partial charge in [-0.1, -0.05) is 37.3 Å².